The Morgan fingerprint density at radius 1 is 1.33 bits per heavy atom. The van der Waals surface area contributed by atoms with Crippen molar-refractivity contribution < 1.29 is 9.53 Å². The second-order valence-electron chi connectivity index (χ2n) is 5.90. The highest BCUT2D eigenvalue weighted by Gasteiger charge is 2.24. The minimum absolute atomic E-state index is 0.0183. The highest BCUT2D eigenvalue weighted by Crippen LogP contribution is 2.17. The molecule has 1 N–H and O–H groups in total. The van der Waals surface area contributed by atoms with Crippen LogP contribution >= 0.6 is 0 Å². The van der Waals surface area contributed by atoms with Crippen LogP contribution in [0.4, 0.5) is 0 Å². The van der Waals surface area contributed by atoms with Crippen LogP contribution < -0.4 is 10.3 Å². The summed E-state index contributed by atoms with van der Waals surface area (Å²) >= 11 is 0. The fourth-order valence-corrected chi connectivity index (χ4v) is 2.92. The van der Waals surface area contributed by atoms with Gasteiger partial charge in [0, 0.05) is 13.0 Å². The summed E-state index contributed by atoms with van der Waals surface area (Å²) in [5.41, 5.74) is 2.20. The van der Waals surface area contributed by atoms with Gasteiger partial charge >= 0.3 is 0 Å². The molecule has 0 unspecified atom stereocenters. The van der Waals surface area contributed by atoms with Gasteiger partial charge in [-0.3, -0.25) is 9.59 Å². The molecule has 0 bridgehead atoms. The first kappa shape index (κ1) is 16.2. The van der Waals surface area contributed by atoms with Gasteiger partial charge in [0.25, 0.3) is 5.56 Å². The molecule has 1 aliphatic heterocycles. The lowest BCUT2D eigenvalue weighted by Crippen LogP contribution is -2.40. The number of amides is 1. The van der Waals surface area contributed by atoms with Crippen molar-refractivity contribution in [3.8, 4) is 5.75 Å². The summed E-state index contributed by atoms with van der Waals surface area (Å²) in [6, 6.07) is 7.54. The number of rotatable bonds is 4. The van der Waals surface area contributed by atoms with E-state index < -0.39 is 0 Å². The summed E-state index contributed by atoms with van der Waals surface area (Å²) in [7, 11) is 0. The molecule has 0 fully saturated rings. The Morgan fingerprint density at radius 3 is 2.79 bits per heavy atom. The molecule has 0 aliphatic carbocycles. The zero-order valence-corrected chi connectivity index (χ0v) is 14.0. The van der Waals surface area contributed by atoms with Gasteiger partial charge < -0.3 is 14.6 Å². The Labute approximate surface area is 140 Å². The van der Waals surface area contributed by atoms with Crippen LogP contribution in [0.1, 0.15) is 29.6 Å². The fourth-order valence-electron chi connectivity index (χ4n) is 2.92. The number of aromatic amines is 1. The molecule has 6 nitrogen and oxygen atoms in total. The number of hydrogen-bond donors (Lipinski definition) is 1. The third-order valence-electron chi connectivity index (χ3n) is 4.13. The highest BCUT2D eigenvalue weighted by atomic mass is 16.5. The molecule has 0 saturated heterocycles. The molecule has 6 heteroatoms. The van der Waals surface area contributed by atoms with Gasteiger partial charge in [0.05, 0.1) is 30.8 Å². The summed E-state index contributed by atoms with van der Waals surface area (Å²) in [5.74, 6) is 1.44. The van der Waals surface area contributed by atoms with Crippen molar-refractivity contribution in [1.29, 1.82) is 0 Å². The second kappa shape index (κ2) is 6.86. The Balaban J connectivity index is 1.69. The summed E-state index contributed by atoms with van der Waals surface area (Å²) in [6.45, 7) is 5.24. The van der Waals surface area contributed by atoms with Crippen LogP contribution in [0.25, 0.3) is 0 Å². The Kier molecular flexibility index (Phi) is 4.64. The smallest absolute Gasteiger partial charge is 0.256 e. The second-order valence-corrected chi connectivity index (χ2v) is 5.90. The molecule has 2 aromatic rings. The summed E-state index contributed by atoms with van der Waals surface area (Å²) in [4.78, 5) is 33.4. The van der Waals surface area contributed by atoms with Crippen molar-refractivity contribution in [1.82, 2.24) is 14.9 Å². The Bertz CT molecular complexity index is 796. The molecule has 0 atom stereocenters. The van der Waals surface area contributed by atoms with Crippen molar-refractivity contribution in [3.05, 3.63) is 57.3 Å². The van der Waals surface area contributed by atoms with Gasteiger partial charge in [-0.15, -0.1) is 0 Å². The van der Waals surface area contributed by atoms with Gasteiger partial charge in [-0.2, -0.15) is 0 Å². The third kappa shape index (κ3) is 3.48. The van der Waals surface area contributed by atoms with Crippen LogP contribution in [0, 0.1) is 6.92 Å². The average Bonchev–Trinajstić information content (AvgIpc) is 2.56. The molecule has 3 rings (SSSR count). The number of H-pyrrole nitrogens is 1. The van der Waals surface area contributed by atoms with Gasteiger partial charge in [-0.1, -0.05) is 12.1 Å². The first-order valence-corrected chi connectivity index (χ1v) is 8.15. The monoisotopic (exact) mass is 327 g/mol. The maximum absolute atomic E-state index is 12.5. The maximum atomic E-state index is 12.5. The van der Waals surface area contributed by atoms with Crippen molar-refractivity contribution in [2.45, 2.75) is 33.2 Å². The van der Waals surface area contributed by atoms with Gasteiger partial charge in [-0.25, -0.2) is 4.98 Å². The van der Waals surface area contributed by atoms with Gasteiger partial charge in [0.1, 0.15) is 11.6 Å². The Morgan fingerprint density at radius 2 is 2.08 bits per heavy atom. The number of aromatic nitrogens is 2. The van der Waals surface area contributed by atoms with Crippen LogP contribution in [0.3, 0.4) is 0 Å². The quantitative estimate of drug-likeness (QED) is 0.925. The van der Waals surface area contributed by atoms with Crippen LogP contribution in [0.15, 0.2) is 29.1 Å². The van der Waals surface area contributed by atoms with E-state index in [1.165, 1.54) is 0 Å². The standard InChI is InChI=1S/C18H21N3O3/c1-3-24-14-6-4-13(5-7-14)10-17(22)21-9-8-16-15(11-21)18(23)20-12(2)19-16/h4-7H,3,8-11H2,1-2H3,(H,19,20,23). The number of nitrogens with zero attached hydrogens (tertiary/aromatic N) is 2. The minimum atomic E-state index is -0.143. The van der Waals surface area contributed by atoms with E-state index in [0.717, 1.165) is 17.0 Å². The van der Waals surface area contributed by atoms with Gasteiger partial charge in [0.2, 0.25) is 5.91 Å². The number of hydrogen-bond acceptors (Lipinski definition) is 4. The van der Waals surface area contributed by atoms with Crippen molar-refractivity contribution in [2.75, 3.05) is 13.2 Å². The fraction of sp³-hybridized carbons (Fsp3) is 0.389. The molecule has 1 aliphatic rings. The van der Waals surface area contributed by atoms with E-state index >= 15 is 0 Å². The van der Waals surface area contributed by atoms with Gasteiger partial charge in [0.15, 0.2) is 0 Å². The van der Waals surface area contributed by atoms with Crippen LogP contribution in [-0.2, 0) is 24.2 Å². The lowest BCUT2D eigenvalue weighted by molar-refractivity contribution is -0.131. The number of carbonyl (C=O) groups excluding carboxylic acids is 1. The zero-order chi connectivity index (χ0) is 17.1. The van der Waals surface area contributed by atoms with E-state index in [2.05, 4.69) is 9.97 Å². The van der Waals surface area contributed by atoms with E-state index in [9.17, 15) is 9.59 Å². The number of aryl methyl sites for hydroxylation is 1. The van der Waals surface area contributed by atoms with E-state index in [1.54, 1.807) is 11.8 Å². The minimum Gasteiger partial charge on any atom is -0.494 e. The number of ether oxygens (including phenoxy) is 1. The largest absolute Gasteiger partial charge is 0.494 e. The van der Waals surface area contributed by atoms with Crippen molar-refractivity contribution in [2.24, 2.45) is 0 Å². The molecule has 1 amide bonds. The predicted octanol–water partition coefficient (Wildman–Crippen LogP) is 1.60. The third-order valence-corrected chi connectivity index (χ3v) is 4.13. The van der Waals surface area contributed by atoms with Crippen molar-refractivity contribution >= 4 is 5.91 Å². The molecule has 1 aromatic carbocycles. The number of fused-ring (bicyclic) bond motifs is 1. The Hall–Kier alpha value is -2.63. The topological polar surface area (TPSA) is 75.3 Å². The summed E-state index contributed by atoms with van der Waals surface area (Å²) in [6.07, 6.45) is 0.939. The number of carbonyl (C=O) groups is 1. The van der Waals surface area contributed by atoms with E-state index in [4.69, 9.17) is 4.74 Å². The van der Waals surface area contributed by atoms with E-state index in [0.29, 0.717) is 43.9 Å². The molecule has 2 heterocycles. The average molecular weight is 327 g/mol. The molecular formula is C18H21N3O3. The lowest BCUT2D eigenvalue weighted by atomic mass is 10.1. The zero-order valence-electron chi connectivity index (χ0n) is 14.0. The van der Waals surface area contributed by atoms with Crippen LogP contribution in [0.5, 0.6) is 5.75 Å². The highest BCUT2D eigenvalue weighted by molar-refractivity contribution is 5.79. The molecule has 1 aromatic heterocycles. The molecule has 24 heavy (non-hydrogen) atoms. The molecule has 0 radical (unpaired) electrons. The number of benzene rings is 1. The van der Waals surface area contributed by atoms with Gasteiger partial charge in [-0.05, 0) is 31.5 Å². The maximum Gasteiger partial charge on any atom is 0.256 e. The lowest BCUT2D eigenvalue weighted by Gasteiger charge is -2.27. The SMILES string of the molecule is CCOc1ccc(CC(=O)N2CCc3nc(C)[nH]c(=O)c3C2)cc1. The van der Waals surface area contributed by atoms with Crippen LogP contribution in [0.2, 0.25) is 0 Å². The van der Waals surface area contributed by atoms with E-state index in [1.807, 2.05) is 31.2 Å². The molecule has 126 valence electrons. The van der Waals surface area contributed by atoms with E-state index in [-0.39, 0.29) is 11.5 Å². The summed E-state index contributed by atoms with van der Waals surface area (Å²) in [5, 5.41) is 0. The van der Waals surface area contributed by atoms with Crippen LogP contribution in [-0.4, -0.2) is 33.9 Å². The number of nitrogens with one attached hydrogen (secondary N) is 1. The first-order chi connectivity index (χ1) is 11.6. The summed E-state index contributed by atoms with van der Waals surface area (Å²) < 4.78 is 5.40. The molecule has 0 spiro atoms. The van der Waals surface area contributed by atoms with Crippen molar-refractivity contribution in [3.63, 3.8) is 0 Å². The molecule has 0 saturated carbocycles. The predicted molar refractivity (Wildman–Crippen MR) is 90.0 cm³/mol. The first-order valence-electron chi connectivity index (χ1n) is 8.15. The normalized spacial score (nSPS) is 13.5. The molecular weight excluding hydrogens is 306 g/mol.